The summed E-state index contributed by atoms with van der Waals surface area (Å²) in [4.78, 5) is 0. The van der Waals surface area contributed by atoms with E-state index in [2.05, 4.69) is 0 Å². The number of hydrogen-bond donors (Lipinski definition) is 0. The van der Waals surface area contributed by atoms with Crippen LogP contribution in [0.3, 0.4) is 0 Å². The maximum absolute atomic E-state index is 12.8. The quantitative estimate of drug-likeness (QED) is 0.793. The van der Waals surface area contributed by atoms with Crippen LogP contribution in [0, 0.1) is 0 Å². The van der Waals surface area contributed by atoms with Gasteiger partial charge < -0.3 is 9.47 Å². The zero-order chi connectivity index (χ0) is 12.2. The molecule has 0 aliphatic carbocycles. The Hall–Kier alpha value is -1.39. The molecular formula is C11H13F3O2. The number of halogens is 3. The topological polar surface area (TPSA) is 18.5 Å². The first kappa shape index (κ1) is 12.7. The molecule has 0 unspecified atom stereocenters. The molecule has 0 N–H and O–H groups in total. The average Bonchev–Trinajstić information content (AvgIpc) is 2.17. The zero-order valence-electron chi connectivity index (χ0n) is 9.10. The van der Waals surface area contributed by atoms with Crippen LogP contribution in [0.2, 0.25) is 0 Å². The van der Waals surface area contributed by atoms with E-state index in [9.17, 15) is 13.2 Å². The second kappa shape index (κ2) is 5.09. The lowest BCUT2D eigenvalue weighted by atomic mass is 10.1. The van der Waals surface area contributed by atoms with E-state index in [1.165, 1.54) is 18.2 Å². The summed E-state index contributed by atoms with van der Waals surface area (Å²) >= 11 is 0. The Morgan fingerprint density at radius 3 is 1.75 bits per heavy atom. The molecule has 0 aliphatic rings. The highest BCUT2D eigenvalue weighted by Crippen LogP contribution is 2.42. The molecule has 16 heavy (non-hydrogen) atoms. The van der Waals surface area contributed by atoms with Gasteiger partial charge in [-0.05, 0) is 26.0 Å². The van der Waals surface area contributed by atoms with Crippen molar-refractivity contribution in [3.05, 3.63) is 23.8 Å². The van der Waals surface area contributed by atoms with Crippen molar-refractivity contribution in [1.29, 1.82) is 0 Å². The molecule has 0 saturated heterocycles. The van der Waals surface area contributed by atoms with Gasteiger partial charge in [0.05, 0.1) is 13.2 Å². The molecule has 0 aromatic heterocycles. The van der Waals surface area contributed by atoms with E-state index in [4.69, 9.17) is 9.47 Å². The first-order valence-corrected chi connectivity index (χ1v) is 4.96. The summed E-state index contributed by atoms with van der Waals surface area (Å²) in [5.74, 6) is -0.387. The van der Waals surface area contributed by atoms with Gasteiger partial charge in [0.15, 0.2) is 0 Å². The van der Waals surface area contributed by atoms with Gasteiger partial charge in [0, 0.05) is 0 Å². The van der Waals surface area contributed by atoms with Crippen LogP contribution in [-0.4, -0.2) is 13.2 Å². The van der Waals surface area contributed by atoms with E-state index in [1.807, 2.05) is 0 Å². The predicted molar refractivity (Wildman–Crippen MR) is 53.8 cm³/mol. The summed E-state index contributed by atoms with van der Waals surface area (Å²) < 4.78 is 48.3. The van der Waals surface area contributed by atoms with Crippen molar-refractivity contribution in [3.63, 3.8) is 0 Å². The third-order valence-electron chi connectivity index (χ3n) is 1.87. The Morgan fingerprint density at radius 2 is 1.44 bits per heavy atom. The molecule has 1 aromatic rings. The molecule has 0 amide bonds. The van der Waals surface area contributed by atoms with E-state index in [1.54, 1.807) is 13.8 Å². The van der Waals surface area contributed by atoms with Crippen LogP contribution in [-0.2, 0) is 6.18 Å². The lowest BCUT2D eigenvalue weighted by Gasteiger charge is -2.16. The molecular weight excluding hydrogens is 221 g/mol. The second-order valence-corrected chi connectivity index (χ2v) is 2.99. The molecule has 0 aliphatic heterocycles. The minimum Gasteiger partial charge on any atom is -0.493 e. The Morgan fingerprint density at radius 1 is 1.00 bits per heavy atom. The lowest BCUT2D eigenvalue weighted by Crippen LogP contribution is -2.11. The molecule has 0 heterocycles. The largest absolute Gasteiger partial charge is 0.493 e. The first-order valence-electron chi connectivity index (χ1n) is 4.96. The third-order valence-corrected chi connectivity index (χ3v) is 1.87. The van der Waals surface area contributed by atoms with E-state index in [0.717, 1.165) is 0 Å². The molecule has 2 nitrogen and oxygen atoms in total. The smallest absolute Gasteiger partial charge is 0.423 e. The second-order valence-electron chi connectivity index (χ2n) is 2.99. The summed E-state index contributed by atoms with van der Waals surface area (Å²) in [5, 5.41) is 0. The maximum Gasteiger partial charge on any atom is 0.423 e. The van der Waals surface area contributed by atoms with Crippen LogP contribution in [0.5, 0.6) is 11.5 Å². The molecule has 0 fully saturated rings. The van der Waals surface area contributed by atoms with E-state index < -0.39 is 11.7 Å². The van der Waals surface area contributed by atoms with Crippen LogP contribution in [0.1, 0.15) is 19.4 Å². The molecule has 0 spiro atoms. The standard InChI is InChI=1S/C11H13F3O2/c1-3-15-8-6-5-7-9(16-4-2)10(8)11(12,13)14/h5-7H,3-4H2,1-2H3. The summed E-state index contributed by atoms with van der Waals surface area (Å²) in [5.41, 5.74) is -0.848. The van der Waals surface area contributed by atoms with Crippen molar-refractivity contribution >= 4 is 0 Å². The summed E-state index contributed by atoms with van der Waals surface area (Å²) in [6, 6.07) is 4.05. The lowest BCUT2D eigenvalue weighted by molar-refractivity contribution is -0.140. The van der Waals surface area contributed by atoms with E-state index in [0.29, 0.717) is 0 Å². The molecule has 1 aromatic carbocycles. The zero-order valence-corrected chi connectivity index (χ0v) is 9.10. The molecule has 90 valence electrons. The van der Waals surface area contributed by atoms with Crippen molar-refractivity contribution in [1.82, 2.24) is 0 Å². The van der Waals surface area contributed by atoms with Crippen molar-refractivity contribution in [2.45, 2.75) is 20.0 Å². The van der Waals surface area contributed by atoms with Crippen LogP contribution >= 0.6 is 0 Å². The first-order chi connectivity index (χ1) is 7.50. The van der Waals surface area contributed by atoms with Crippen molar-refractivity contribution in [3.8, 4) is 11.5 Å². The maximum atomic E-state index is 12.8. The Kier molecular flexibility index (Phi) is 4.04. The number of benzene rings is 1. The SMILES string of the molecule is CCOc1cccc(OCC)c1C(F)(F)F. The number of rotatable bonds is 4. The normalized spacial score (nSPS) is 11.3. The molecule has 0 bridgehead atoms. The molecule has 5 heteroatoms. The van der Waals surface area contributed by atoms with Crippen molar-refractivity contribution in [2.24, 2.45) is 0 Å². The van der Waals surface area contributed by atoms with Crippen molar-refractivity contribution < 1.29 is 22.6 Å². The highest BCUT2D eigenvalue weighted by molar-refractivity contribution is 5.46. The molecule has 0 radical (unpaired) electrons. The number of alkyl halides is 3. The highest BCUT2D eigenvalue weighted by Gasteiger charge is 2.38. The molecule has 1 rings (SSSR count). The van der Waals surface area contributed by atoms with Crippen LogP contribution < -0.4 is 9.47 Å². The number of hydrogen-bond acceptors (Lipinski definition) is 2. The van der Waals surface area contributed by atoms with E-state index in [-0.39, 0.29) is 24.7 Å². The fraction of sp³-hybridized carbons (Fsp3) is 0.455. The van der Waals surface area contributed by atoms with Gasteiger partial charge in [-0.25, -0.2) is 0 Å². The monoisotopic (exact) mass is 234 g/mol. The Balaban J connectivity index is 3.23. The molecule has 0 atom stereocenters. The molecule has 0 saturated carbocycles. The van der Waals surface area contributed by atoms with Gasteiger partial charge in [-0.15, -0.1) is 0 Å². The van der Waals surface area contributed by atoms with Crippen LogP contribution in [0.25, 0.3) is 0 Å². The van der Waals surface area contributed by atoms with Gasteiger partial charge in [-0.1, -0.05) is 6.07 Å². The van der Waals surface area contributed by atoms with Gasteiger partial charge in [-0.2, -0.15) is 13.2 Å². The van der Waals surface area contributed by atoms with E-state index >= 15 is 0 Å². The minimum absolute atomic E-state index is 0.179. The summed E-state index contributed by atoms with van der Waals surface area (Å²) in [7, 11) is 0. The Bertz CT molecular complexity index is 323. The van der Waals surface area contributed by atoms with Gasteiger partial charge in [-0.3, -0.25) is 0 Å². The third kappa shape index (κ3) is 2.81. The fourth-order valence-electron chi connectivity index (χ4n) is 1.34. The minimum atomic E-state index is -4.48. The fourth-order valence-corrected chi connectivity index (χ4v) is 1.34. The highest BCUT2D eigenvalue weighted by atomic mass is 19.4. The van der Waals surface area contributed by atoms with Crippen molar-refractivity contribution in [2.75, 3.05) is 13.2 Å². The van der Waals surface area contributed by atoms with Gasteiger partial charge in [0.25, 0.3) is 0 Å². The predicted octanol–water partition coefficient (Wildman–Crippen LogP) is 3.50. The summed E-state index contributed by atoms with van der Waals surface area (Å²) in [6.07, 6.45) is -4.48. The average molecular weight is 234 g/mol. The van der Waals surface area contributed by atoms with Gasteiger partial charge in [0.1, 0.15) is 17.1 Å². The number of ether oxygens (including phenoxy) is 2. The van der Waals surface area contributed by atoms with Gasteiger partial charge in [0.2, 0.25) is 0 Å². The van der Waals surface area contributed by atoms with Crippen LogP contribution in [0.15, 0.2) is 18.2 Å². The van der Waals surface area contributed by atoms with Gasteiger partial charge >= 0.3 is 6.18 Å². The summed E-state index contributed by atoms with van der Waals surface area (Å²) in [6.45, 7) is 3.62. The Labute approximate surface area is 92.0 Å². The van der Waals surface area contributed by atoms with Crippen LogP contribution in [0.4, 0.5) is 13.2 Å².